The number of aromatic nitrogens is 1. The van der Waals surface area contributed by atoms with E-state index in [-0.39, 0.29) is 18.2 Å². The number of para-hydroxylation sites is 1. The molecule has 1 fully saturated rings. The van der Waals surface area contributed by atoms with E-state index < -0.39 is 29.1 Å². The highest BCUT2D eigenvalue weighted by Gasteiger charge is 2.61. The molecule has 3 aromatic carbocycles. The number of imide groups is 1. The second-order valence-electron chi connectivity index (χ2n) is 9.31. The number of anilines is 1. The third-order valence-corrected chi connectivity index (χ3v) is 7.47. The zero-order valence-electron chi connectivity index (χ0n) is 19.3. The fraction of sp³-hybridized carbons (Fsp3) is 0.214. The second-order valence-corrected chi connectivity index (χ2v) is 9.31. The summed E-state index contributed by atoms with van der Waals surface area (Å²) in [7, 11) is 0. The molecule has 3 amide bonds. The van der Waals surface area contributed by atoms with Crippen LogP contribution in [0.4, 0.5) is 19.3 Å². The summed E-state index contributed by atoms with van der Waals surface area (Å²) >= 11 is 0. The molecule has 4 aromatic rings. The largest absolute Gasteiger partial charge is 0.356 e. The van der Waals surface area contributed by atoms with Gasteiger partial charge < -0.3 is 9.88 Å². The van der Waals surface area contributed by atoms with Crippen LogP contribution in [-0.2, 0) is 16.8 Å². The summed E-state index contributed by atoms with van der Waals surface area (Å²) in [5, 5.41) is 0.986. The van der Waals surface area contributed by atoms with Gasteiger partial charge in [-0.2, -0.15) is 0 Å². The van der Waals surface area contributed by atoms with Crippen molar-refractivity contribution < 1.29 is 18.4 Å². The number of aromatic amines is 1. The first-order chi connectivity index (χ1) is 16.8. The lowest BCUT2D eigenvalue weighted by molar-refractivity contribution is -0.125. The lowest BCUT2D eigenvalue weighted by atomic mass is 9.78. The third kappa shape index (κ3) is 2.90. The topological polar surface area (TPSA) is 56.4 Å². The number of rotatable bonds is 3. The molecule has 2 aliphatic heterocycles. The number of urea groups is 1. The van der Waals surface area contributed by atoms with Gasteiger partial charge in [-0.05, 0) is 48.2 Å². The molecule has 2 atom stereocenters. The van der Waals surface area contributed by atoms with Gasteiger partial charge in [0, 0.05) is 29.4 Å². The van der Waals surface area contributed by atoms with Crippen molar-refractivity contribution in [3.05, 3.63) is 101 Å². The fourth-order valence-corrected chi connectivity index (χ4v) is 5.55. The number of H-pyrrole nitrogens is 1. The summed E-state index contributed by atoms with van der Waals surface area (Å²) in [6, 6.07) is 18.3. The van der Waals surface area contributed by atoms with Gasteiger partial charge in [-0.1, -0.05) is 49.4 Å². The normalized spacial score (nSPS) is 21.5. The summed E-state index contributed by atoms with van der Waals surface area (Å²) in [5.41, 5.74) is 3.08. The van der Waals surface area contributed by atoms with Gasteiger partial charge in [0.05, 0.1) is 11.4 Å². The molecule has 1 aromatic heterocycles. The number of benzene rings is 3. The SMILES string of the molecule is CCc1ccc([C@@H]2CN3C(=O)N(c4ccc(F)cc4F)C(=O)[C@]3(C)c3[nH]c4ccccc4c32)cc1. The minimum Gasteiger partial charge on any atom is -0.356 e. The smallest absolute Gasteiger partial charge is 0.332 e. The Bertz CT molecular complexity index is 1510. The number of carbonyl (C=O) groups is 2. The van der Waals surface area contributed by atoms with Crippen LogP contribution < -0.4 is 4.90 Å². The van der Waals surface area contributed by atoms with Crippen molar-refractivity contribution in [2.45, 2.75) is 31.7 Å². The van der Waals surface area contributed by atoms with Gasteiger partial charge in [-0.25, -0.2) is 18.5 Å². The molecule has 0 saturated carbocycles. The number of halogens is 2. The maximum Gasteiger partial charge on any atom is 0.332 e. The lowest BCUT2D eigenvalue weighted by Crippen LogP contribution is -2.50. The highest BCUT2D eigenvalue weighted by Crippen LogP contribution is 2.50. The average Bonchev–Trinajstić information content (AvgIpc) is 3.34. The van der Waals surface area contributed by atoms with Crippen LogP contribution in [-0.4, -0.2) is 28.4 Å². The van der Waals surface area contributed by atoms with E-state index in [0.717, 1.165) is 45.5 Å². The summed E-state index contributed by atoms with van der Waals surface area (Å²) in [5.74, 6) is -2.49. The summed E-state index contributed by atoms with van der Waals surface area (Å²) in [6.45, 7) is 4.04. The van der Waals surface area contributed by atoms with E-state index in [4.69, 9.17) is 0 Å². The zero-order chi connectivity index (χ0) is 24.5. The molecule has 0 unspecified atom stereocenters. The number of hydrogen-bond donors (Lipinski definition) is 1. The first-order valence-electron chi connectivity index (χ1n) is 11.7. The van der Waals surface area contributed by atoms with Gasteiger partial charge in [-0.15, -0.1) is 0 Å². The number of carbonyl (C=O) groups excluding carboxylic acids is 2. The monoisotopic (exact) mass is 471 g/mol. The summed E-state index contributed by atoms with van der Waals surface area (Å²) in [6.07, 6.45) is 0.915. The van der Waals surface area contributed by atoms with Crippen LogP contribution in [0.25, 0.3) is 10.9 Å². The van der Waals surface area contributed by atoms with Crippen molar-refractivity contribution in [2.75, 3.05) is 11.4 Å². The number of hydrogen-bond acceptors (Lipinski definition) is 2. The number of nitrogens with one attached hydrogen (secondary N) is 1. The van der Waals surface area contributed by atoms with Gasteiger partial charge in [0.1, 0.15) is 11.6 Å². The molecule has 0 bridgehead atoms. The molecule has 0 aliphatic carbocycles. The predicted molar refractivity (Wildman–Crippen MR) is 129 cm³/mol. The van der Waals surface area contributed by atoms with Crippen molar-refractivity contribution in [2.24, 2.45) is 0 Å². The van der Waals surface area contributed by atoms with Crippen LogP contribution in [0, 0.1) is 11.6 Å². The van der Waals surface area contributed by atoms with Crippen LogP contribution in [0.3, 0.4) is 0 Å². The molecule has 35 heavy (non-hydrogen) atoms. The molecule has 1 N–H and O–H groups in total. The molecule has 2 aliphatic rings. The Morgan fingerprint density at radius 2 is 1.77 bits per heavy atom. The highest BCUT2D eigenvalue weighted by atomic mass is 19.1. The fourth-order valence-electron chi connectivity index (χ4n) is 5.55. The molecule has 3 heterocycles. The third-order valence-electron chi connectivity index (χ3n) is 7.47. The van der Waals surface area contributed by atoms with E-state index in [1.54, 1.807) is 6.92 Å². The van der Waals surface area contributed by atoms with Crippen molar-refractivity contribution in [1.82, 2.24) is 9.88 Å². The van der Waals surface area contributed by atoms with Gasteiger partial charge in [0.15, 0.2) is 5.54 Å². The first kappa shape index (κ1) is 21.5. The van der Waals surface area contributed by atoms with E-state index in [0.29, 0.717) is 11.8 Å². The van der Waals surface area contributed by atoms with Crippen LogP contribution in [0.15, 0.2) is 66.7 Å². The van der Waals surface area contributed by atoms with E-state index >= 15 is 0 Å². The molecule has 0 radical (unpaired) electrons. The van der Waals surface area contributed by atoms with E-state index in [1.807, 2.05) is 24.3 Å². The Labute approximate surface area is 201 Å². The first-order valence-corrected chi connectivity index (χ1v) is 11.7. The highest BCUT2D eigenvalue weighted by molar-refractivity contribution is 6.23. The standard InChI is InChI=1S/C28H23F2N3O2/c1-3-16-8-10-17(11-9-16)20-15-32-27(35)33(23-13-12-18(29)14-21(23)30)26(34)28(32,2)25-24(20)19-6-4-5-7-22(19)31-25/h4-14,20,31H,3,15H2,1-2H3/t20-,28-/m0/s1. The summed E-state index contributed by atoms with van der Waals surface area (Å²) < 4.78 is 28.3. The second kappa shape index (κ2) is 7.50. The Hall–Kier alpha value is -4.00. The van der Waals surface area contributed by atoms with Crippen LogP contribution in [0.5, 0.6) is 0 Å². The van der Waals surface area contributed by atoms with Gasteiger partial charge in [-0.3, -0.25) is 4.79 Å². The Balaban J connectivity index is 1.56. The average molecular weight is 472 g/mol. The van der Waals surface area contributed by atoms with E-state index in [2.05, 4.69) is 36.2 Å². The Morgan fingerprint density at radius 3 is 2.49 bits per heavy atom. The maximum absolute atomic E-state index is 14.7. The van der Waals surface area contributed by atoms with Crippen LogP contribution in [0.2, 0.25) is 0 Å². The van der Waals surface area contributed by atoms with Gasteiger partial charge in [0.25, 0.3) is 5.91 Å². The molecule has 176 valence electrons. The number of aryl methyl sites for hydroxylation is 1. The maximum atomic E-state index is 14.7. The number of nitrogens with zero attached hydrogens (tertiary/aromatic N) is 2. The van der Waals surface area contributed by atoms with Crippen molar-refractivity contribution in [3.8, 4) is 0 Å². The number of fused-ring (bicyclic) bond motifs is 5. The quantitative estimate of drug-likeness (QED) is 0.382. The molecule has 7 heteroatoms. The molecule has 5 nitrogen and oxygen atoms in total. The van der Waals surface area contributed by atoms with Crippen molar-refractivity contribution >= 4 is 28.5 Å². The molecule has 1 saturated heterocycles. The predicted octanol–water partition coefficient (Wildman–Crippen LogP) is 5.84. The Kier molecular flexibility index (Phi) is 4.61. The molecule has 0 spiro atoms. The molecular formula is C28H23F2N3O2. The minimum absolute atomic E-state index is 0.185. The minimum atomic E-state index is -1.36. The van der Waals surface area contributed by atoms with Crippen molar-refractivity contribution in [1.29, 1.82) is 0 Å². The van der Waals surface area contributed by atoms with E-state index in [1.165, 1.54) is 10.5 Å². The Morgan fingerprint density at radius 1 is 1.03 bits per heavy atom. The van der Waals surface area contributed by atoms with Crippen molar-refractivity contribution in [3.63, 3.8) is 0 Å². The van der Waals surface area contributed by atoms with Crippen LogP contribution in [0.1, 0.15) is 42.1 Å². The van der Waals surface area contributed by atoms with Gasteiger partial charge >= 0.3 is 6.03 Å². The zero-order valence-corrected chi connectivity index (χ0v) is 19.3. The molecule has 6 rings (SSSR count). The summed E-state index contributed by atoms with van der Waals surface area (Å²) in [4.78, 5) is 33.3. The molecular weight excluding hydrogens is 448 g/mol. The van der Waals surface area contributed by atoms with Gasteiger partial charge in [0.2, 0.25) is 0 Å². The number of amides is 3. The van der Waals surface area contributed by atoms with E-state index in [9.17, 15) is 18.4 Å². The van der Waals surface area contributed by atoms with Crippen LogP contribution >= 0.6 is 0 Å². The lowest BCUT2D eigenvalue weighted by Gasteiger charge is -2.40.